The molecule has 2 unspecified atom stereocenters. The van der Waals surface area contributed by atoms with E-state index >= 15 is 0 Å². The van der Waals surface area contributed by atoms with Crippen molar-refractivity contribution in [1.29, 1.82) is 0 Å². The molecule has 1 aliphatic heterocycles. The molecular formula is C15H30N2. The zero-order chi connectivity index (χ0) is 12.1. The minimum absolute atomic E-state index is 0.914. The van der Waals surface area contributed by atoms with Crippen LogP contribution >= 0.6 is 0 Å². The van der Waals surface area contributed by atoms with Crippen molar-refractivity contribution in [3.05, 3.63) is 0 Å². The highest BCUT2D eigenvalue weighted by Gasteiger charge is 2.36. The summed E-state index contributed by atoms with van der Waals surface area (Å²) in [5.41, 5.74) is 0. The molecule has 17 heavy (non-hydrogen) atoms. The molecule has 2 rings (SSSR count). The highest BCUT2D eigenvalue weighted by molar-refractivity contribution is 4.91. The predicted molar refractivity (Wildman–Crippen MR) is 74.3 cm³/mol. The maximum Gasteiger partial charge on any atom is 0.0136 e. The van der Waals surface area contributed by atoms with Crippen molar-refractivity contribution >= 4 is 0 Å². The number of piperidine rings is 1. The lowest BCUT2D eigenvalue weighted by Crippen LogP contribution is -2.52. The standard InChI is InChI=1S/C15H30N2/c1-3-5-13-8-10-17(11-9-13)15-7-6-14(15)12-16-4-2/h13-16H,3-12H2,1-2H3. The summed E-state index contributed by atoms with van der Waals surface area (Å²) in [7, 11) is 0. The second-order valence-corrected chi connectivity index (χ2v) is 5.98. The van der Waals surface area contributed by atoms with Crippen LogP contribution in [0, 0.1) is 11.8 Å². The van der Waals surface area contributed by atoms with Crippen molar-refractivity contribution < 1.29 is 0 Å². The maximum absolute atomic E-state index is 3.52. The van der Waals surface area contributed by atoms with Gasteiger partial charge in [0.2, 0.25) is 0 Å². The van der Waals surface area contributed by atoms with E-state index in [1.807, 2.05) is 0 Å². The van der Waals surface area contributed by atoms with Crippen LogP contribution in [0.4, 0.5) is 0 Å². The van der Waals surface area contributed by atoms with E-state index in [0.717, 1.165) is 24.4 Å². The van der Waals surface area contributed by atoms with Crippen molar-refractivity contribution in [2.45, 2.75) is 58.4 Å². The zero-order valence-electron chi connectivity index (χ0n) is 11.8. The van der Waals surface area contributed by atoms with Gasteiger partial charge in [-0.05, 0) is 63.7 Å². The van der Waals surface area contributed by atoms with E-state index in [4.69, 9.17) is 0 Å². The van der Waals surface area contributed by atoms with Gasteiger partial charge in [-0.2, -0.15) is 0 Å². The van der Waals surface area contributed by atoms with E-state index in [0.29, 0.717) is 0 Å². The molecule has 0 bridgehead atoms. The summed E-state index contributed by atoms with van der Waals surface area (Å²) in [6.45, 7) is 9.66. The Bertz CT molecular complexity index is 209. The Morgan fingerprint density at radius 2 is 1.82 bits per heavy atom. The lowest BCUT2D eigenvalue weighted by molar-refractivity contribution is 0.0334. The van der Waals surface area contributed by atoms with Gasteiger partial charge in [0.25, 0.3) is 0 Å². The molecule has 0 aromatic heterocycles. The van der Waals surface area contributed by atoms with E-state index in [9.17, 15) is 0 Å². The summed E-state index contributed by atoms with van der Waals surface area (Å²) in [5, 5.41) is 3.52. The van der Waals surface area contributed by atoms with Gasteiger partial charge in [0.15, 0.2) is 0 Å². The summed E-state index contributed by atoms with van der Waals surface area (Å²) in [6.07, 6.45) is 8.65. The van der Waals surface area contributed by atoms with E-state index in [1.54, 1.807) is 0 Å². The van der Waals surface area contributed by atoms with Crippen LogP contribution in [0.1, 0.15) is 52.4 Å². The molecule has 1 aliphatic carbocycles. The SMILES string of the molecule is CCCC1CCN(C2CCC2CNCC)CC1. The third-order valence-electron chi connectivity index (χ3n) is 4.85. The number of hydrogen-bond donors (Lipinski definition) is 1. The van der Waals surface area contributed by atoms with Crippen LogP contribution in [-0.2, 0) is 0 Å². The van der Waals surface area contributed by atoms with Crippen LogP contribution in [0.15, 0.2) is 0 Å². The van der Waals surface area contributed by atoms with E-state index in [-0.39, 0.29) is 0 Å². The summed E-state index contributed by atoms with van der Waals surface area (Å²) in [5.74, 6) is 1.97. The van der Waals surface area contributed by atoms with Gasteiger partial charge in [-0.3, -0.25) is 0 Å². The van der Waals surface area contributed by atoms with Gasteiger partial charge in [-0.25, -0.2) is 0 Å². The first-order valence-electron chi connectivity index (χ1n) is 7.79. The number of hydrogen-bond acceptors (Lipinski definition) is 2. The predicted octanol–water partition coefficient (Wildman–Crippen LogP) is 2.89. The maximum atomic E-state index is 3.52. The monoisotopic (exact) mass is 238 g/mol. The average molecular weight is 238 g/mol. The number of nitrogens with zero attached hydrogens (tertiary/aromatic N) is 1. The first kappa shape index (κ1) is 13.4. The van der Waals surface area contributed by atoms with Crippen molar-refractivity contribution in [2.75, 3.05) is 26.2 Å². The van der Waals surface area contributed by atoms with E-state index < -0.39 is 0 Å². The highest BCUT2D eigenvalue weighted by Crippen LogP contribution is 2.34. The topological polar surface area (TPSA) is 15.3 Å². The van der Waals surface area contributed by atoms with E-state index in [1.165, 1.54) is 58.2 Å². The fourth-order valence-electron chi connectivity index (χ4n) is 3.58. The molecule has 0 spiro atoms. The van der Waals surface area contributed by atoms with Crippen LogP contribution in [-0.4, -0.2) is 37.1 Å². The van der Waals surface area contributed by atoms with Crippen LogP contribution in [0.2, 0.25) is 0 Å². The quantitative estimate of drug-likeness (QED) is 0.765. The lowest BCUT2D eigenvalue weighted by Gasteiger charge is -2.47. The molecule has 2 heteroatoms. The number of rotatable bonds is 6. The van der Waals surface area contributed by atoms with Crippen LogP contribution in [0.3, 0.4) is 0 Å². The second-order valence-electron chi connectivity index (χ2n) is 5.98. The average Bonchev–Trinajstić information content (AvgIpc) is 2.31. The Morgan fingerprint density at radius 3 is 2.35 bits per heavy atom. The molecule has 100 valence electrons. The van der Waals surface area contributed by atoms with Crippen LogP contribution < -0.4 is 5.32 Å². The number of likely N-dealkylation sites (tertiary alicyclic amines) is 1. The molecule has 2 fully saturated rings. The van der Waals surface area contributed by atoms with Crippen LogP contribution in [0.25, 0.3) is 0 Å². The Labute approximate surface area is 107 Å². The van der Waals surface area contributed by atoms with Gasteiger partial charge in [0, 0.05) is 6.04 Å². The van der Waals surface area contributed by atoms with E-state index in [2.05, 4.69) is 24.1 Å². The molecule has 0 amide bonds. The Balaban J connectivity index is 1.69. The molecule has 2 nitrogen and oxygen atoms in total. The smallest absolute Gasteiger partial charge is 0.0136 e. The molecule has 2 aliphatic rings. The van der Waals surface area contributed by atoms with Gasteiger partial charge < -0.3 is 10.2 Å². The third kappa shape index (κ3) is 3.45. The zero-order valence-corrected chi connectivity index (χ0v) is 11.8. The lowest BCUT2D eigenvalue weighted by atomic mass is 9.77. The molecule has 1 heterocycles. The molecule has 1 N–H and O–H groups in total. The van der Waals surface area contributed by atoms with Crippen molar-refractivity contribution in [3.8, 4) is 0 Å². The number of nitrogens with one attached hydrogen (secondary N) is 1. The van der Waals surface area contributed by atoms with Crippen molar-refractivity contribution in [1.82, 2.24) is 10.2 Å². The molecule has 2 atom stereocenters. The highest BCUT2D eigenvalue weighted by atomic mass is 15.2. The first-order chi connectivity index (χ1) is 8.35. The normalized spacial score (nSPS) is 31.4. The van der Waals surface area contributed by atoms with Gasteiger partial charge in [0.05, 0.1) is 0 Å². The summed E-state index contributed by atoms with van der Waals surface area (Å²) >= 11 is 0. The minimum Gasteiger partial charge on any atom is -0.317 e. The fraction of sp³-hybridized carbons (Fsp3) is 1.00. The molecule has 1 saturated heterocycles. The van der Waals surface area contributed by atoms with Gasteiger partial charge in [0.1, 0.15) is 0 Å². The Kier molecular flexibility index (Phi) is 5.30. The summed E-state index contributed by atoms with van der Waals surface area (Å²) in [4.78, 5) is 2.79. The molecule has 0 aromatic carbocycles. The van der Waals surface area contributed by atoms with Gasteiger partial charge in [-0.15, -0.1) is 0 Å². The largest absolute Gasteiger partial charge is 0.317 e. The van der Waals surface area contributed by atoms with Gasteiger partial charge in [-0.1, -0.05) is 26.7 Å². The van der Waals surface area contributed by atoms with Crippen LogP contribution in [0.5, 0.6) is 0 Å². The Morgan fingerprint density at radius 1 is 1.06 bits per heavy atom. The molecule has 1 saturated carbocycles. The van der Waals surface area contributed by atoms with Crippen molar-refractivity contribution in [3.63, 3.8) is 0 Å². The molecule has 0 aromatic rings. The fourth-order valence-corrected chi connectivity index (χ4v) is 3.58. The summed E-state index contributed by atoms with van der Waals surface area (Å²) in [6, 6.07) is 0.914. The first-order valence-corrected chi connectivity index (χ1v) is 7.79. The van der Waals surface area contributed by atoms with Crippen molar-refractivity contribution in [2.24, 2.45) is 11.8 Å². The molecule has 0 radical (unpaired) electrons. The minimum atomic E-state index is 0.914. The summed E-state index contributed by atoms with van der Waals surface area (Å²) < 4.78 is 0. The second kappa shape index (κ2) is 6.75. The molecular weight excluding hydrogens is 208 g/mol. The third-order valence-corrected chi connectivity index (χ3v) is 4.85. The Hall–Kier alpha value is -0.0800. The van der Waals surface area contributed by atoms with Gasteiger partial charge >= 0.3 is 0 Å².